The largest absolute Gasteiger partial charge is 0.493 e. The van der Waals surface area contributed by atoms with Gasteiger partial charge in [0.2, 0.25) is 5.91 Å². The fourth-order valence-electron chi connectivity index (χ4n) is 3.79. The Labute approximate surface area is 180 Å². The SMILES string of the molecule is CCN(CC)C(=O)C1CCN(C(=O)NC(C)c2ccc(OC(C)C)c(OC)c2)CC1. The van der Waals surface area contributed by atoms with Crippen molar-refractivity contribution in [3.05, 3.63) is 23.8 Å². The van der Waals surface area contributed by atoms with Crippen molar-refractivity contribution in [3.8, 4) is 11.5 Å². The molecule has 0 radical (unpaired) electrons. The molecule has 3 amide bonds. The molecular formula is C23H37N3O4. The predicted molar refractivity (Wildman–Crippen MR) is 118 cm³/mol. The maximum Gasteiger partial charge on any atom is 0.317 e. The molecule has 0 saturated carbocycles. The van der Waals surface area contributed by atoms with E-state index in [0.717, 1.165) is 18.7 Å². The summed E-state index contributed by atoms with van der Waals surface area (Å²) in [7, 11) is 1.61. The molecule has 0 spiro atoms. The number of likely N-dealkylation sites (tertiary alicyclic amines) is 1. The summed E-state index contributed by atoms with van der Waals surface area (Å²) in [6.07, 6.45) is 1.48. The van der Waals surface area contributed by atoms with Crippen LogP contribution in [0, 0.1) is 5.92 Å². The lowest BCUT2D eigenvalue weighted by Crippen LogP contribution is -2.48. The van der Waals surface area contributed by atoms with E-state index in [9.17, 15) is 9.59 Å². The van der Waals surface area contributed by atoms with Gasteiger partial charge in [-0.25, -0.2) is 4.79 Å². The van der Waals surface area contributed by atoms with Crippen LogP contribution in [-0.2, 0) is 4.79 Å². The second-order valence-corrected chi connectivity index (χ2v) is 8.02. The molecule has 0 bridgehead atoms. The lowest BCUT2D eigenvalue weighted by molar-refractivity contribution is -0.136. The summed E-state index contributed by atoms with van der Waals surface area (Å²) in [6, 6.07) is 5.45. The van der Waals surface area contributed by atoms with Gasteiger partial charge in [-0.2, -0.15) is 0 Å². The number of nitrogens with zero attached hydrogens (tertiary/aromatic N) is 2. The number of methoxy groups -OCH3 is 1. The van der Waals surface area contributed by atoms with Gasteiger partial charge in [0.1, 0.15) is 0 Å². The third-order valence-corrected chi connectivity index (χ3v) is 5.60. The highest BCUT2D eigenvalue weighted by molar-refractivity contribution is 5.80. The molecule has 1 fully saturated rings. The maximum absolute atomic E-state index is 12.7. The molecule has 2 rings (SSSR count). The maximum atomic E-state index is 12.7. The first-order chi connectivity index (χ1) is 14.3. The van der Waals surface area contributed by atoms with E-state index < -0.39 is 0 Å². The highest BCUT2D eigenvalue weighted by atomic mass is 16.5. The van der Waals surface area contributed by atoms with E-state index in [1.54, 1.807) is 12.0 Å². The van der Waals surface area contributed by atoms with Crippen molar-refractivity contribution >= 4 is 11.9 Å². The number of amides is 3. The molecule has 0 aromatic heterocycles. The summed E-state index contributed by atoms with van der Waals surface area (Å²) in [5, 5.41) is 3.06. The van der Waals surface area contributed by atoms with E-state index in [1.807, 2.05) is 57.7 Å². The Balaban J connectivity index is 1.93. The Morgan fingerprint density at radius 2 is 1.77 bits per heavy atom. The van der Waals surface area contributed by atoms with Crippen LogP contribution in [0.5, 0.6) is 11.5 Å². The van der Waals surface area contributed by atoms with Crippen molar-refractivity contribution in [3.63, 3.8) is 0 Å². The average molecular weight is 420 g/mol. The molecule has 1 aliphatic rings. The van der Waals surface area contributed by atoms with Crippen molar-refractivity contribution in [2.75, 3.05) is 33.3 Å². The minimum absolute atomic E-state index is 0.0177. The second-order valence-electron chi connectivity index (χ2n) is 8.02. The molecule has 1 saturated heterocycles. The van der Waals surface area contributed by atoms with Crippen LogP contribution in [0.15, 0.2) is 18.2 Å². The van der Waals surface area contributed by atoms with Gasteiger partial charge in [0, 0.05) is 32.1 Å². The van der Waals surface area contributed by atoms with Crippen LogP contribution in [0.25, 0.3) is 0 Å². The van der Waals surface area contributed by atoms with E-state index in [-0.39, 0.29) is 30.0 Å². The Morgan fingerprint density at radius 3 is 2.30 bits per heavy atom. The number of hydrogen-bond acceptors (Lipinski definition) is 4. The molecule has 7 nitrogen and oxygen atoms in total. The molecule has 0 aliphatic carbocycles. The minimum Gasteiger partial charge on any atom is -0.493 e. The summed E-state index contributed by atoms with van der Waals surface area (Å²) in [5.41, 5.74) is 0.947. The highest BCUT2D eigenvalue weighted by Gasteiger charge is 2.29. The third kappa shape index (κ3) is 6.03. The summed E-state index contributed by atoms with van der Waals surface area (Å²) in [5.74, 6) is 1.57. The third-order valence-electron chi connectivity index (χ3n) is 5.60. The highest BCUT2D eigenvalue weighted by Crippen LogP contribution is 2.31. The quantitative estimate of drug-likeness (QED) is 0.695. The van der Waals surface area contributed by atoms with Crippen molar-refractivity contribution in [1.29, 1.82) is 0 Å². The van der Waals surface area contributed by atoms with Crippen LogP contribution < -0.4 is 14.8 Å². The van der Waals surface area contributed by atoms with Crippen molar-refractivity contribution in [2.24, 2.45) is 5.92 Å². The van der Waals surface area contributed by atoms with E-state index in [4.69, 9.17) is 9.47 Å². The monoisotopic (exact) mass is 419 g/mol. The second kappa shape index (κ2) is 11.1. The van der Waals surface area contributed by atoms with Gasteiger partial charge in [0.15, 0.2) is 11.5 Å². The van der Waals surface area contributed by atoms with Crippen LogP contribution in [-0.4, -0.2) is 61.1 Å². The molecule has 1 atom stereocenters. The molecule has 1 N–H and O–H groups in total. The molecule has 7 heteroatoms. The average Bonchev–Trinajstić information content (AvgIpc) is 2.74. The van der Waals surface area contributed by atoms with Crippen LogP contribution in [0.3, 0.4) is 0 Å². The van der Waals surface area contributed by atoms with E-state index in [1.165, 1.54) is 0 Å². The number of urea groups is 1. The zero-order valence-corrected chi connectivity index (χ0v) is 19.2. The Morgan fingerprint density at radius 1 is 1.13 bits per heavy atom. The topological polar surface area (TPSA) is 71.1 Å². The number of piperidine rings is 1. The Bertz CT molecular complexity index is 710. The number of nitrogens with one attached hydrogen (secondary N) is 1. The van der Waals surface area contributed by atoms with Crippen molar-refractivity contribution in [2.45, 2.75) is 59.6 Å². The van der Waals surface area contributed by atoms with E-state index in [0.29, 0.717) is 37.4 Å². The number of carbonyl (C=O) groups excluding carboxylic acids is 2. The molecule has 1 unspecified atom stereocenters. The van der Waals surface area contributed by atoms with Gasteiger partial charge in [-0.3, -0.25) is 4.79 Å². The molecule has 30 heavy (non-hydrogen) atoms. The van der Waals surface area contributed by atoms with Gasteiger partial charge in [-0.1, -0.05) is 6.07 Å². The standard InChI is InChI=1S/C23H37N3O4/c1-7-25(8-2)22(27)18-11-13-26(14-12-18)23(28)24-17(5)19-9-10-20(30-16(3)4)21(15-19)29-6/h9-10,15-18H,7-8,11-14H2,1-6H3,(H,24,28). The Hall–Kier alpha value is -2.44. The molecule has 1 aromatic carbocycles. The van der Waals surface area contributed by atoms with Crippen molar-refractivity contribution in [1.82, 2.24) is 15.1 Å². The van der Waals surface area contributed by atoms with Gasteiger partial charge in [0.05, 0.1) is 19.3 Å². The number of carbonyl (C=O) groups is 2. The minimum atomic E-state index is -0.172. The lowest BCUT2D eigenvalue weighted by atomic mass is 9.95. The van der Waals surface area contributed by atoms with E-state index in [2.05, 4.69) is 5.32 Å². The van der Waals surface area contributed by atoms with Crippen molar-refractivity contribution < 1.29 is 19.1 Å². The first-order valence-corrected chi connectivity index (χ1v) is 11.0. The first-order valence-electron chi connectivity index (χ1n) is 11.0. The normalized spacial score (nSPS) is 15.6. The van der Waals surface area contributed by atoms with Gasteiger partial charge >= 0.3 is 6.03 Å². The van der Waals surface area contributed by atoms with Gasteiger partial charge in [-0.15, -0.1) is 0 Å². The fraction of sp³-hybridized carbons (Fsp3) is 0.652. The summed E-state index contributed by atoms with van der Waals surface area (Å²) >= 11 is 0. The van der Waals surface area contributed by atoms with Gasteiger partial charge < -0.3 is 24.6 Å². The van der Waals surface area contributed by atoms with Crippen LogP contribution in [0.4, 0.5) is 4.79 Å². The zero-order valence-electron chi connectivity index (χ0n) is 19.2. The van der Waals surface area contributed by atoms with Crippen LogP contribution in [0.1, 0.15) is 59.1 Å². The molecule has 168 valence electrons. The lowest BCUT2D eigenvalue weighted by Gasteiger charge is -2.34. The summed E-state index contributed by atoms with van der Waals surface area (Å²) in [6.45, 7) is 12.6. The predicted octanol–water partition coefficient (Wildman–Crippen LogP) is 3.83. The fourth-order valence-corrected chi connectivity index (χ4v) is 3.79. The first kappa shape index (κ1) is 23.8. The summed E-state index contributed by atoms with van der Waals surface area (Å²) < 4.78 is 11.2. The van der Waals surface area contributed by atoms with Crippen LogP contribution in [0.2, 0.25) is 0 Å². The number of hydrogen-bond donors (Lipinski definition) is 1. The number of rotatable bonds is 8. The Kier molecular flexibility index (Phi) is 8.81. The number of ether oxygens (including phenoxy) is 2. The smallest absolute Gasteiger partial charge is 0.317 e. The summed E-state index contributed by atoms with van der Waals surface area (Å²) in [4.78, 5) is 29.0. The van der Waals surface area contributed by atoms with Crippen LogP contribution >= 0.6 is 0 Å². The van der Waals surface area contributed by atoms with E-state index >= 15 is 0 Å². The zero-order chi connectivity index (χ0) is 22.3. The number of benzene rings is 1. The molecule has 1 aliphatic heterocycles. The molecule has 1 heterocycles. The van der Waals surface area contributed by atoms with Gasteiger partial charge in [-0.05, 0) is 65.2 Å². The van der Waals surface area contributed by atoms with Gasteiger partial charge in [0.25, 0.3) is 0 Å². The molecule has 1 aromatic rings. The molecular weight excluding hydrogens is 382 g/mol.